The van der Waals surface area contributed by atoms with Crippen molar-refractivity contribution in [3.63, 3.8) is 0 Å². The molecule has 0 unspecified atom stereocenters. The zero-order chi connectivity index (χ0) is 15.5. The average Bonchev–Trinajstić information content (AvgIpc) is 2.90. The standard InChI is InChI=1S/C13H15N3O4S/c1-16-8-7-10(15-16)9-14-21(18,19)12-6-4-3-5-11(12)13(17)20-2/h3-8,14H,9H2,1-2H3. The molecule has 1 aromatic heterocycles. The van der Waals surface area contributed by atoms with E-state index in [1.807, 2.05) is 0 Å². The first-order valence-corrected chi connectivity index (χ1v) is 7.58. The number of benzene rings is 1. The van der Waals surface area contributed by atoms with E-state index in [2.05, 4.69) is 14.6 Å². The number of rotatable bonds is 5. The Morgan fingerprint density at radius 2 is 2.05 bits per heavy atom. The summed E-state index contributed by atoms with van der Waals surface area (Å²) in [7, 11) is -0.893. The number of methoxy groups -OCH3 is 1. The maximum atomic E-state index is 12.3. The van der Waals surface area contributed by atoms with Crippen molar-refractivity contribution in [3.8, 4) is 0 Å². The van der Waals surface area contributed by atoms with Crippen molar-refractivity contribution < 1.29 is 17.9 Å². The zero-order valence-corrected chi connectivity index (χ0v) is 12.4. The van der Waals surface area contributed by atoms with E-state index in [4.69, 9.17) is 0 Å². The Morgan fingerprint density at radius 1 is 1.33 bits per heavy atom. The molecule has 0 fully saturated rings. The highest BCUT2D eigenvalue weighted by molar-refractivity contribution is 7.89. The molecule has 21 heavy (non-hydrogen) atoms. The monoisotopic (exact) mass is 309 g/mol. The number of carbonyl (C=O) groups is 1. The van der Waals surface area contributed by atoms with Gasteiger partial charge in [0.15, 0.2) is 0 Å². The lowest BCUT2D eigenvalue weighted by molar-refractivity contribution is 0.0596. The van der Waals surface area contributed by atoms with Gasteiger partial charge in [0.2, 0.25) is 10.0 Å². The minimum Gasteiger partial charge on any atom is -0.465 e. The van der Waals surface area contributed by atoms with Gasteiger partial charge in [0.05, 0.1) is 29.8 Å². The summed E-state index contributed by atoms with van der Waals surface area (Å²) in [6, 6.07) is 7.58. The van der Waals surface area contributed by atoms with Gasteiger partial charge in [-0.25, -0.2) is 17.9 Å². The molecule has 0 spiro atoms. The molecule has 0 aliphatic heterocycles. The summed E-state index contributed by atoms with van der Waals surface area (Å²) < 4.78 is 33.2. The number of nitrogens with one attached hydrogen (secondary N) is 1. The van der Waals surface area contributed by atoms with Crippen LogP contribution in [0.3, 0.4) is 0 Å². The van der Waals surface area contributed by atoms with Gasteiger partial charge in [0, 0.05) is 13.2 Å². The molecule has 1 N–H and O–H groups in total. The highest BCUT2D eigenvalue weighted by atomic mass is 32.2. The number of hydrogen-bond acceptors (Lipinski definition) is 5. The Labute approximate surface area is 122 Å². The molecule has 0 bridgehead atoms. The van der Waals surface area contributed by atoms with Crippen LogP contribution in [0.1, 0.15) is 16.1 Å². The second-order valence-electron chi connectivity index (χ2n) is 4.29. The Kier molecular flexibility index (Phi) is 4.39. The summed E-state index contributed by atoms with van der Waals surface area (Å²) in [5.41, 5.74) is 0.574. The fourth-order valence-corrected chi connectivity index (χ4v) is 2.98. The number of carbonyl (C=O) groups excluding carboxylic acids is 1. The Morgan fingerprint density at radius 3 is 2.67 bits per heavy atom. The molecule has 0 aliphatic rings. The van der Waals surface area contributed by atoms with Crippen LogP contribution in [0.5, 0.6) is 0 Å². The lowest BCUT2D eigenvalue weighted by atomic mass is 10.2. The number of hydrogen-bond donors (Lipinski definition) is 1. The molecule has 2 rings (SSSR count). The topological polar surface area (TPSA) is 90.3 Å². The zero-order valence-electron chi connectivity index (χ0n) is 11.6. The van der Waals surface area contributed by atoms with Gasteiger partial charge in [-0.3, -0.25) is 4.68 Å². The molecule has 112 valence electrons. The van der Waals surface area contributed by atoms with E-state index in [0.717, 1.165) is 0 Å². The van der Waals surface area contributed by atoms with Gasteiger partial charge in [-0.05, 0) is 18.2 Å². The van der Waals surface area contributed by atoms with Crippen LogP contribution in [0.2, 0.25) is 0 Å². The van der Waals surface area contributed by atoms with Crippen LogP contribution >= 0.6 is 0 Å². The maximum absolute atomic E-state index is 12.3. The summed E-state index contributed by atoms with van der Waals surface area (Å²) in [6.45, 7) is 0.0404. The molecule has 0 aliphatic carbocycles. The Balaban J connectivity index is 2.25. The fourth-order valence-electron chi connectivity index (χ4n) is 1.78. The molecule has 1 heterocycles. The molecule has 7 nitrogen and oxygen atoms in total. The number of aryl methyl sites for hydroxylation is 1. The van der Waals surface area contributed by atoms with Gasteiger partial charge in [-0.15, -0.1) is 0 Å². The van der Waals surface area contributed by atoms with Crippen LogP contribution < -0.4 is 4.72 Å². The molecule has 0 amide bonds. The Hall–Kier alpha value is -2.19. The normalized spacial score (nSPS) is 11.3. The van der Waals surface area contributed by atoms with E-state index < -0.39 is 16.0 Å². The van der Waals surface area contributed by atoms with Crippen LogP contribution in [0.4, 0.5) is 0 Å². The predicted molar refractivity (Wildman–Crippen MR) is 75.0 cm³/mol. The quantitative estimate of drug-likeness (QED) is 0.821. The molecule has 1 aromatic carbocycles. The number of esters is 1. The van der Waals surface area contributed by atoms with E-state index in [-0.39, 0.29) is 17.0 Å². The largest absolute Gasteiger partial charge is 0.465 e. The van der Waals surface area contributed by atoms with Gasteiger partial charge in [0.25, 0.3) is 0 Å². The van der Waals surface area contributed by atoms with Crippen molar-refractivity contribution in [2.75, 3.05) is 7.11 Å². The Bertz CT molecular complexity index is 752. The van der Waals surface area contributed by atoms with E-state index >= 15 is 0 Å². The molecule has 0 radical (unpaired) electrons. The smallest absolute Gasteiger partial charge is 0.339 e. The van der Waals surface area contributed by atoms with Gasteiger partial charge >= 0.3 is 5.97 Å². The molecule has 0 saturated heterocycles. The van der Waals surface area contributed by atoms with E-state index in [1.165, 1.54) is 19.2 Å². The van der Waals surface area contributed by atoms with Crippen LogP contribution in [-0.4, -0.2) is 31.3 Å². The second-order valence-corrected chi connectivity index (χ2v) is 6.03. The van der Waals surface area contributed by atoms with Gasteiger partial charge < -0.3 is 4.74 Å². The third-order valence-corrected chi connectivity index (χ3v) is 4.25. The van der Waals surface area contributed by atoms with Gasteiger partial charge in [-0.2, -0.15) is 5.10 Å². The summed E-state index contributed by atoms with van der Waals surface area (Å²) in [4.78, 5) is 11.5. The molecule has 8 heteroatoms. The van der Waals surface area contributed by atoms with Crippen LogP contribution in [0.25, 0.3) is 0 Å². The fraction of sp³-hybridized carbons (Fsp3) is 0.231. The van der Waals surface area contributed by atoms with Crippen molar-refractivity contribution in [1.29, 1.82) is 0 Å². The van der Waals surface area contributed by atoms with Crippen molar-refractivity contribution >= 4 is 16.0 Å². The summed E-state index contributed by atoms with van der Waals surface area (Å²) >= 11 is 0. The van der Waals surface area contributed by atoms with Crippen LogP contribution in [-0.2, 0) is 28.4 Å². The number of nitrogens with zero attached hydrogens (tertiary/aromatic N) is 2. The van der Waals surface area contributed by atoms with Gasteiger partial charge in [0.1, 0.15) is 0 Å². The van der Waals surface area contributed by atoms with Crippen molar-refractivity contribution in [2.45, 2.75) is 11.4 Å². The van der Waals surface area contributed by atoms with Crippen molar-refractivity contribution in [1.82, 2.24) is 14.5 Å². The van der Waals surface area contributed by atoms with E-state index in [9.17, 15) is 13.2 Å². The summed E-state index contributed by atoms with van der Waals surface area (Å²) in [6.07, 6.45) is 1.71. The van der Waals surface area contributed by atoms with E-state index in [1.54, 1.807) is 36.1 Å². The minimum absolute atomic E-state index is 0.00600. The third-order valence-electron chi connectivity index (χ3n) is 2.79. The summed E-state index contributed by atoms with van der Waals surface area (Å²) in [5, 5.41) is 4.08. The van der Waals surface area contributed by atoms with Crippen LogP contribution in [0, 0.1) is 0 Å². The first-order valence-electron chi connectivity index (χ1n) is 6.09. The molecular formula is C13H15N3O4S. The SMILES string of the molecule is COC(=O)c1ccccc1S(=O)(=O)NCc1ccn(C)n1. The second kappa shape index (κ2) is 6.06. The van der Waals surface area contributed by atoms with Crippen LogP contribution in [0.15, 0.2) is 41.4 Å². The third kappa shape index (κ3) is 3.47. The predicted octanol–water partition coefficient (Wildman–Crippen LogP) is 0.685. The highest BCUT2D eigenvalue weighted by Crippen LogP contribution is 2.16. The number of aromatic nitrogens is 2. The first-order chi connectivity index (χ1) is 9.94. The molecular weight excluding hydrogens is 294 g/mol. The van der Waals surface area contributed by atoms with Gasteiger partial charge in [-0.1, -0.05) is 12.1 Å². The van der Waals surface area contributed by atoms with Crippen molar-refractivity contribution in [2.24, 2.45) is 7.05 Å². The molecule has 2 aromatic rings. The first kappa shape index (κ1) is 15.2. The maximum Gasteiger partial charge on any atom is 0.339 e. The molecule has 0 saturated carbocycles. The lowest BCUT2D eigenvalue weighted by Gasteiger charge is -2.09. The average molecular weight is 309 g/mol. The highest BCUT2D eigenvalue weighted by Gasteiger charge is 2.22. The van der Waals surface area contributed by atoms with Crippen molar-refractivity contribution in [3.05, 3.63) is 47.8 Å². The number of sulfonamides is 1. The van der Waals surface area contributed by atoms with E-state index in [0.29, 0.717) is 5.69 Å². The number of ether oxygens (including phenoxy) is 1. The summed E-state index contributed by atoms with van der Waals surface area (Å²) in [5.74, 6) is -0.700. The molecule has 0 atom stereocenters. The minimum atomic E-state index is -3.84. The lowest BCUT2D eigenvalue weighted by Crippen LogP contribution is -2.25.